The van der Waals surface area contributed by atoms with Crippen molar-refractivity contribution in [2.75, 3.05) is 0 Å². The summed E-state index contributed by atoms with van der Waals surface area (Å²) < 4.78 is 13.4. The Kier molecular flexibility index (Phi) is 7.49. The molecule has 1 aliphatic heterocycles. The Balaban J connectivity index is 1.15. The lowest BCUT2D eigenvalue weighted by Crippen LogP contribution is -2.33. The third kappa shape index (κ3) is 5.40. The number of para-hydroxylation sites is 2. The molecule has 2 aromatic heterocycles. The van der Waals surface area contributed by atoms with Crippen LogP contribution in [0, 0.1) is 0 Å². The van der Waals surface area contributed by atoms with Crippen LogP contribution in [0.25, 0.3) is 77.3 Å². The minimum absolute atomic E-state index is 0.456. The van der Waals surface area contributed by atoms with Gasteiger partial charge in [-0.15, -0.1) is 0 Å². The highest BCUT2D eigenvalue weighted by atomic mass is 16.3. The highest BCUT2D eigenvalue weighted by molar-refractivity contribution is 6.16. The van der Waals surface area contributed by atoms with E-state index in [1.807, 2.05) is 54.6 Å². The second-order valence-electron chi connectivity index (χ2n) is 14.1. The van der Waals surface area contributed by atoms with Crippen molar-refractivity contribution in [3.63, 3.8) is 0 Å². The van der Waals surface area contributed by atoms with Gasteiger partial charge in [0, 0.05) is 49.4 Å². The lowest BCUT2D eigenvalue weighted by molar-refractivity contribution is 0.658. The lowest BCUT2D eigenvalue weighted by atomic mass is 9.92. The van der Waals surface area contributed by atoms with Crippen LogP contribution in [0.5, 0.6) is 0 Å². The fraction of sp³-hybridized carbons (Fsp3) is 0.0196. The number of hydrogen-bond donors (Lipinski definition) is 1. The zero-order chi connectivity index (χ0) is 37.0. The van der Waals surface area contributed by atoms with Gasteiger partial charge in [-0.3, -0.25) is 0 Å². The average molecular weight is 720 g/mol. The number of nitrogens with zero attached hydrogens (tertiary/aromatic N) is 2. The first-order valence-electron chi connectivity index (χ1n) is 18.8. The number of hydrogen-bond acceptors (Lipinski definition) is 5. The van der Waals surface area contributed by atoms with Gasteiger partial charge < -0.3 is 14.2 Å². The zero-order valence-corrected chi connectivity index (χ0v) is 30.2. The van der Waals surface area contributed by atoms with E-state index in [1.165, 1.54) is 0 Å². The van der Waals surface area contributed by atoms with Crippen LogP contribution in [0.3, 0.4) is 0 Å². The van der Waals surface area contributed by atoms with E-state index in [2.05, 4.69) is 139 Å². The van der Waals surface area contributed by atoms with Crippen molar-refractivity contribution in [1.82, 2.24) is 5.32 Å². The molecule has 1 unspecified atom stereocenters. The first-order chi connectivity index (χ1) is 27.7. The second-order valence-corrected chi connectivity index (χ2v) is 14.1. The number of rotatable bonds is 6. The predicted octanol–water partition coefficient (Wildman–Crippen LogP) is 13.0. The second kappa shape index (κ2) is 13.1. The van der Waals surface area contributed by atoms with E-state index in [4.69, 9.17) is 18.8 Å². The highest BCUT2D eigenvalue weighted by Crippen LogP contribution is 2.44. The van der Waals surface area contributed by atoms with Crippen molar-refractivity contribution in [3.05, 3.63) is 205 Å². The van der Waals surface area contributed by atoms with Gasteiger partial charge in [-0.1, -0.05) is 164 Å². The van der Waals surface area contributed by atoms with E-state index in [0.717, 1.165) is 99.8 Å². The van der Waals surface area contributed by atoms with Crippen molar-refractivity contribution in [1.29, 1.82) is 0 Å². The summed E-state index contributed by atoms with van der Waals surface area (Å²) >= 11 is 0. The highest BCUT2D eigenvalue weighted by Gasteiger charge is 2.27. The SMILES string of the molecule is c1ccc(C2=NC(c3ccc4c(oc5c(-c6ccc7oc8ccccc8c7c6)cccc54)c3-c3cccc(-c4ccccc4)c3)NC(c3ccccc3)=N2)cc1. The van der Waals surface area contributed by atoms with Crippen LogP contribution in [0.15, 0.2) is 207 Å². The molecule has 1 N–H and O–H groups in total. The molecule has 3 heterocycles. The largest absolute Gasteiger partial charge is 0.456 e. The van der Waals surface area contributed by atoms with Gasteiger partial charge in [0.2, 0.25) is 0 Å². The maximum absolute atomic E-state index is 7.17. The quantitative estimate of drug-likeness (QED) is 0.186. The zero-order valence-electron chi connectivity index (χ0n) is 30.2. The van der Waals surface area contributed by atoms with Gasteiger partial charge in [-0.05, 0) is 46.5 Å². The molecule has 0 radical (unpaired) electrons. The van der Waals surface area contributed by atoms with E-state index >= 15 is 0 Å². The molecule has 0 amide bonds. The first-order valence-corrected chi connectivity index (χ1v) is 18.8. The first kappa shape index (κ1) is 32.0. The van der Waals surface area contributed by atoms with Crippen molar-refractivity contribution in [2.45, 2.75) is 6.17 Å². The maximum Gasteiger partial charge on any atom is 0.159 e. The predicted molar refractivity (Wildman–Crippen MR) is 229 cm³/mol. The summed E-state index contributed by atoms with van der Waals surface area (Å²) in [5, 5.41) is 7.99. The lowest BCUT2D eigenvalue weighted by Gasteiger charge is -2.25. The molecular formula is C51H33N3O2. The summed E-state index contributed by atoms with van der Waals surface area (Å²) in [6.45, 7) is 0. The summed E-state index contributed by atoms with van der Waals surface area (Å²) in [7, 11) is 0. The Labute approximate surface area is 322 Å². The number of nitrogens with one attached hydrogen (secondary N) is 1. The number of furan rings is 2. The van der Waals surface area contributed by atoms with Gasteiger partial charge >= 0.3 is 0 Å². The minimum atomic E-state index is -0.456. The average Bonchev–Trinajstić information content (AvgIpc) is 3.85. The van der Waals surface area contributed by atoms with Crippen LogP contribution in [0.2, 0.25) is 0 Å². The molecule has 11 rings (SSSR count). The standard InChI is InChI=1S/C51H33N3O2/c1-4-14-32(15-5-1)35-20-12-21-37(30-35)46-42(51-53-49(33-16-6-2-7-17-33)52-50(54-51)34-18-8-3-9-19-34)28-27-41-40-24-13-23-38(47(40)56-48(41)46)36-26-29-45-43(31-36)39-22-10-11-25-44(39)55-45/h1-31,51H,(H,52,53,54). The molecule has 1 aliphatic rings. The third-order valence-corrected chi connectivity index (χ3v) is 10.8. The summed E-state index contributed by atoms with van der Waals surface area (Å²) in [5.74, 6) is 1.44. The van der Waals surface area contributed by atoms with Crippen molar-refractivity contribution >= 4 is 55.5 Å². The molecule has 0 bridgehead atoms. The van der Waals surface area contributed by atoms with Crippen LogP contribution in [0.1, 0.15) is 22.9 Å². The molecule has 0 aliphatic carbocycles. The van der Waals surface area contributed by atoms with Crippen LogP contribution >= 0.6 is 0 Å². The molecule has 5 nitrogen and oxygen atoms in total. The van der Waals surface area contributed by atoms with Crippen LogP contribution in [0.4, 0.5) is 0 Å². The van der Waals surface area contributed by atoms with Gasteiger partial charge in [-0.25, -0.2) is 9.98 Å². The van der Waals surface area contributed by atoms with Crippen molar-refractivity contribution in [3.8, 4) is 33.4 Å². The topological polar surface area (TPSA) is 63.0 Å². The molecule has 264 valence electrons. The Morgan fingerprint density at radius 1 is 0.411 bits per heavy atom. The Hall–Kier alpha value is -7.50. The smallest absolute Gasteiger partial charge is 0.159 e. The molecule has 5 heteroatoms. The molecule has 0 spiro atoms. The van der Waals surface area contributed by atoms with E-state index in [-0.39, 0.29) is 0 Å². The molecule has 56 heavy (non-hydrogen) atoms. The normalized spacial score (nSPS) is 14.2. The molecule has 10 aromatic rings. The minimum Gasteiger partial charge on any atom is -0.456 e. The van der Waals surface area contributed by atoms with Gasteiger partial charge in [-0.2, -0.15) is 0 Å². The molecule has 0 saturated heterocycles. The summed E-state index contributed by atoms with van der Waals surface area (Å²) in [6.07, 6.45) is -0.456. The van der Waals surface area contributed by atoms with Crippen molar-refractivity contribution < 1.29 is 8.83 Å². The van der Waals surface area contributed by atoms with Gasteiger partial charge in [0.25, 0.3) is 0 Å². The molecule has 0 fully saturated rings. The van der Waals surface area contributed by atoms with E-state index in [9.17, 15) is 0 Å². The molecule has 1 atom stereocenters. The molecular weight excluding hydrogens is 687 g/mol. The third-order valence-electron chi connectivity index (χ3n) is 10.8. The number of benzene rings is 8. The fourth-order valence-corrected chi connectivity index (χ4v) is 8.08. The number of amidine groups is 2. The Bertz CT molecular complexity index is 3160. The van der Waals surface area contributed by atoms with Crippen molar-refractivity contribution in [2.24, 2.45) is 9.98 Å². The summed E-state index contributed by atoms with van der Waals surface area (Å²) in [5.41, 5.74) is 12.7. The summed E-state index contributed by atoms with van der Waals surface area (Å²) in [4.78, 5) is 10.4. The number of aliphatic imine (C=N–C) groups is 2. The van der Waals surface area contributed by atoms with Crippen LogP contribution in [-0.2, 0) is 0 Å². The van der Waals surface area contributed by atoms with Gasteiger partial charge in [0.15, 0.2) is 5.84 Å². The van der Waals surface area contributed by atoms with Gasteiger partial charge in [0.1, 0.15) is 34.3 Å². The molecule has 0 saturated carbocycles. The number of fused-ring (bicyclic) bond motifs is 6. The Morgan fingerprint density at radius 3 is 1.88 bits per heavy atom. The van der Waals surface area contributed by atoms with E-state index in [1.54, 1.807) is 0 Å². The van der Waals surface area contributed by atoms with E-state index < -0.39 is 6.17 Å². The summed E-state index contributed by atoms with van der Waals surface area (Å²) in [6, 6.07) is 65.1. The maximum atomic E-state index is 7.17. The molecule has 8 aromatic carbocycles. The Morgan fingerprint density at radius 2 is 1.05 bits per heavy atom. The van der Waals surface area contributed by atoms with Crippen LogP contribution < -0.4 is 5.32 Å². The van der Waals surface area contributed by atoms with E-state index in [0.29, 0.717) is 5.84 Å². The van der Waals surface area contributed by atoms with Crippen LogP contribution in [-0.4, -0.2) is 11.7 Å². The fourth-order valence-electron chi connectivity index (χ4n) is 8.08. The van der Waals surface area contributed by atoms with Gasteiger partial charge in [0.05, 0.1) is 0 Å². The monoisotopic (exact) mass is 719 g/mol.